The van der Waals surface area contributed by atoms with Crippen molar-refractivity contribution in [2.24, 2.45) is 0 Å². The maximum atomic E-state index is 13.1. The van der Waals surface area contributed by atoms with Crippen LogP contribution in [0, 0.1) is 0 Å². The highest BCUT2D eigenvalue weighted by Gasteiger charge is 2.24. The second-order valence-electron chi connectivity index (χ2n) is 6.64. The van der Waals surface area contributed by atoms with Gasteiger partial charge >= 0.3 is 5.69 Å². The lowest BCUT2D eigenvalue weighted by atomic mass is 10.0. The summed E-state index contributed by atoms with van der Waals surface area (Å²) in [5.41, 5.74) is 3.12. The van der Waals surface area contributed by atoms with Crippen molar-refractivity contribution in [3.63, 3.8) is 0 Å². The van der Waals surface area contributed by atoms with Gasteiger partial charge in [-0.2, -0.15) is 0 Å². The summed E-state index contributed by atoms with van der Waals surface area (Å²) in [4.78, 5) is 32.1. The highest BCUT2D eigenvalue weighted by atomic mass is 16.5. The quantitative estimate of drug-likeness (QED) is 0.691. The topological polar surface area (TPSA) is 69.4 Å². The lowest BCUT2D eigenvalue weighted by Crippen LogP contribution is -2.39. The molecule has 0 N–H and O–H groups in total. The number of benzene rings is 1. The summed E-state index contributed by atoms with van der Waals surface area (Å²) in [6, 6.07) is 11.6. The minimum absolute atomic E-state index is 0.00462. The molecule has 140 valence electrons. The van der Waals surface area contributed by atoms with Crippen molar-refractivity contribution in [3.8, 4) is 0 Å². The summed E-state index contributed by atoms with van der Waals surface area (Å²) in [6.45, 7) is 1.47. The normalized spacial score (nSPS) is 13.7. The number of imidazole rings is 1. The Hall–Kier alpha value is -2.93. The number of anilines is 1. The molecule has 1 aliphatic rings. The Morgan fingerprint density at radius 2 is 2.04 bits per heavy atom. The molecule has 1 amide bonds. The molecule has 4 rings (SSSR count). The van der Waals surface area contributed by atoms with E-state index in [2.05, 4.69) is 11.1 Å². The molecule has 0 unspecified atom stereocenters. The Kier molecular flexibility index (Phi) is 4.77. The van der Waals surface area contributed by atoms with Gasteiger partial charge in [0.05, 0.1) is 18.7 Å². The van der Waals surface area contributed by atoms with Crippen LogP contribution in [0.4, 0.5) is 5.69 Å². The van der Waals surface area contributed by atoms with Gasteiger partial charge in [-0.3, -0.25) is 13.9 Å². The molecule has 0 aliphatic carbocycles. The first-order valence-electron chi connectivity index (χ1n) is 9.12. The van der Waals surface area contributed by atoms with Crippen molar-refractivity contribution in [1.82, 2.24) is 14.1 Å². The highest BCUT2D eigenvalue weighted by molar-refractivity contribution is 5.95. The molecule has 0 saturated carbocycles. The number of hydrogen-bond donors (Lipinski definition) is 0. The molecule has 0 radical (unpaired) electrons. The van der Waals surface area contributed by atoms with Crippen LogP contribution < -0.4 is 10.6 Å². The van der Waals surface area contributed by atoms with Crippen LogP contribution in [0.15, 0.2) is 47.4 Å². The molecule has 0 saturated heterocycles. The van der Waals surface area contributed by atoms with Crippen LogP contribution in [0.5, 0.6) is 0 Å². The fourth-order valence-corrected chi connectivity index (χ4v) is 3.70. The molecule has 2 aromatic heterocycles. The minimum Gasteiger partial charge on any atom is -0.383 e. The van der Waals surface area contributed by atoms with Crippen molar-refractivity contribution in [1.29, 1.82) is 0 Å². The van der Waals surface area contributed by atoms with Gasteiger partial charge in [-0.1, -0.05) is 18.2 Å². The first-order valence-corrected chi connectivity index (χ1v) is 9.12. The maximum Gasteiger partial charge on any atom is 0.330 e. The summed E-state index contributed by atoms with van der Waals surface area (Å²) >= 11 is 0. The molecule has 0 fully saturated rings. The van der Waals surface area contributed by atoms with E-state index in [1.807, 2.05) is 24.3 Å². The van der Waals surface area contributed by atoms with Crippen LogP contribution in [0.1, 0.15) is 12.0 Å². The predicted octanol–water partition coefficient (Wildman–Crippen LogP) is 1.82. The van der Waals surface area contributed by atoms with Crippen LogP contribution in [-0.2, 0) is 29.0 Å². The fraction of sp³-hybridized carbons (Fsp3) is 0.350. The number of aromatic nitrogens is 3. The first-order chi connectivity index (χ1) is 13.2. The third-order valence-electron chi connectivity index (χ3n) is 5.00. The van der Waals surface area contributed by atoms with Gasteiger partial charge in [0.15, 0.2) is 5.65 Å². The van der Waals surface area contributed by atoms with Crippen molar-refractivity contribution in [2.75, 3.05) is 25.2 Å². The number of para-hydroxylation sites is 1. The molecule has 0 spiro atoms. The van der Waals surface area contributed by atoms with Crippen LogP contribution >= 0.6 is 0 Å². The van der Waals surface area contributed by atoms with Gasteiger partial charge in [-0.15, -0.1) is 0 Å². The highest BCUT2D eigenvalue weighted by Crippen LogP contribution is 2.27. The van der Waals surface area contributed by atoms with Crippen LogP contribution in [-0.4, -0.2) is 40.3 Å². The SMILES string of the molecule is COCCn1c(=O)n(CC(=O)N2CCCc3ccccc32)c2cccnc21. The molecule has 27 heavy (non-hydrogen) atoms. The van der Waals surface area contributed by atoms with Crippen molar-refractivity contribution >= 4 is 22.8 Å². The molecule has 0 bridgehead atoms. The van der Waals surface area contributed by atoms with E-state index in [0.717, 1.165) is 18.5 Å². The van der Waals surface area contributed by atoms with E-state index >= 15 is 0 Å². The lowest BCUT2D eigenvalue weighted by molar-refractivity contribution is -0.119. The zero-order chi connectivity index (χ0) is 18.8. The molecule has 1 aromatic carbocycles. The average Bonchev–Trinajstić information content (AvgIpc) is 2.97. The van der Waals surface area contributed by atoms with Crippen molar-refractivity contribution in [3.05, 3.63) is 58.6 Å². The number of amides is 1. The smallest absolute Gasteiger partial charge is 0.330 e. The summed E-state index contributed by atoms with van der Waals surface area (Å²) in [7, 11) is 1.59. The van der Waals surface area contributed by atoms with Crippen LogP contribution in [0.25, 0.3) is 11.2 Å². The number of carbonyl (C=O) groups excluding carboxylic acids is 1. The number of pyridine rings is 1. The Bertz CT molecular complexity index is 1040. The van der Waals surface area contributed by atoms with Gasteiger partial charge < -0.3 is 9.64 Å². The van der Waals surface area contributed by atoms with Crippen molar-refractivity contribution in [2.45, 2.75) is 25.9 Å². The van der Waals surface area contributed by atoms with Gasteiger partial charge in [-0.25, -0.2) is 9.78 Å². The van der Waals surface area contributed by atoms with E-state index < -0.39 is 0 Å². The van der Waals surface area contributed by atoms with Gasteiger partial charge in [0.1, 0.15) is 6.54 Å². The van der Waals surface area contributed by atoms with Gasteiger partial charge in [0.25, 0.3) is 0 Å². The predicted molar refractivity (Wildman–Crippen MR) is 103 cm³/mol. The lowest BCUT2D eigenvalue weighted by Gasteiger charge is -2.29. The monoisotopic (exact) mass is 366 g/mol. The second kappa shape index (κ2) is 7.36. The molecule has 3 aromatic rings. The standard InChI is InChI=1S/C20H22N4O3/c1-27-13-12-23-19-17(9-4-10-21-19)24(20(23)26)14-18(25)22-11-5-7-15-6-2-3-8-16(15)22/h2-4,6,8-10H,5,7,11-14H2,1H3. The molecule has 7 nitrogen and oxygen atoms in total. The number of aryl methyl sites for hydroxylation is 1. The molecule has 3 heterocycles. The van der Waals surface area contributed by atoms with E-state index in [-0.39, 0.29) is 18.1 Å². The number of fused-ring (bicyclic) bond motifs is 2. The van der Waals surface area contributed by atoms with Crippen molar-refractivity contribution < 1.29 is 9.53 Å². The molecule has 7 heteroatoms. The number of nitrogens with zero attached hydrogens (tertiary/aromatic N) is 4. The van der Waals surface area contributed by atoms with Gasteiger partial charge in [0, 0.05) is 25.5 Å². The van der Waals surface area contributed by atoms with Crippen LogP contribution in [0.2, 0.25) is 0 Å². The molecular weight excluding hydrogens is 344 g/mol. The summed E-state index contributed by atoms with van der Waals surface area (Å²) in [5, 5.41) is 0. The largest absolute Gasteiger partial charge is 0.383 e. The molecule has 0 atom stereocenters. The fourth-order valence-electron chi connectivity index (χ4n) is 3.70. The maximum absolute atomic E-state index is 13.1. The third-order valence-corrected chi connectivity index (χ3v) is 5.00. The number of carbonyl (C=O) groups is 1. The van der Waals surface area contributed by atoms with E-state index in [9.17, 15) is 9.59 Å². The third kappa shape index (κ3) is 3.14. The second-order valence-corrected chi connectivity index (χ2v) is 6.64. The van der Waals surface area contributed by atoms with E-state index in [0.29, 0.717) is 30.9 Å². The Labute approximate surface area is 156 Å². The molecule has 1 aliphatic heterocycles. The molecular formula is C20H22N4O3. The average molecular weight is 366 g/mol. The zero-order valence-electron chi connectivity index (χ0n) is 15.3. The minimum atomic E-state index is -0.237. The van der Waals surface area contributed by atoms with E-state index in [4.69, 9.17) is 4.74 Å². The summed E-state index contributed by atoms with van der Waals surface area (Å²) in [5.74, 6) is -0.0844. The van der Waals surface area contributed by atoms with E-state index in [1.165, 1.54) is 10.1 Å². The van der Waals surface area contributed by atoms with Crippen LogP contribution in [0.3, 0.4) is 0 Å². The Morgan fingerprint density at radius 3 is 2.89 bits per heavy atom. The van der Waals surface area contributed by atoms with Gasteiger partial charge in [0.2, 0.25) is 5.91 Å². The van der Waals surface area contributed by atoms with E-state index in [1.54, 1.807) is 28.8 Å². The summed E-state index contributed by atoms with van der Waals surface area (Å²) < 4.78 is 8.18. The number of rotatable bonds is 5. The zero-order valence-corrected chi connectivity index (χ0v) is 15.3. The Morgan fingerprint density at radius 1 is 1.19 bits per heavy atom. The number of hydrogen-bond acceptors (Lipinski definition) is 4. The number of methoxy groups -OCH3 is 1. The first kappa shape index (κ1) is 17.5. The number of ether oxygens (including phenoxy) is 1. The Balaban J connectivity index is 1.69. The van der Waals surface area contributed by atoms with Gasteiger partial charge in [-0.05, 0) is 36.6 Å². The summed E-state index contributed by atoms with van der Waals surface area (Å²) in [6.07, 6.45) is 3.55.